The molecule has 0 fully saturated rings. The quantitative estimate of drug-likeness (QED) is 0.611. The summed E-state index contributed by atoms with van der Waals surface area (Å²) in [6.45, 7) is 5.68. The minimum atomic E-state index is 1.13. The van der Waals surface area contributed by atoms with E-state index in [9.17, 15) is 0 Å². The molecule has 1 rings (SSSR count). The number of nitrogens with one attached hydrogen (secondary N) is 1. The fourth-order valence-corrected chi connectivity index (χ4v) is 0.941. The summed E-state index contributed by atoms with van der Waals surface area (Å²) in [7, 11) is 0. The van der Waals surface area contributed by atoms with Crippen LogP contribution in [0.1, 0.15) is 6.92 Å². The van der Waals surface area contributed by atoms with Crippen LogP contribution in [0.5, 0.6) is 0 Å². The lowest BCUT2D eigenvalue weighted by molar-refractivity contribution is 1.07. The fourth-order valence-electron chi connectivity index (χ4n) is 0.941. The topological polar surface area (TPSA) is 12.0 Å². The van der Waals surface area contributed by atoms with Crippen LogP contribution < -0.4 is 5.32 Å². The largest absolute Gasteiger partial charge is 0.361 e. The predicted molar refractivity (Wildman–Crippen MR) is 53.5 cm³/mol. The lowest BCUT2D eigenvalue weighted by atomic mass is 10.2. The standard InChI is InChI=1S/C11H13N/c1-3-4-7-10(2)11-8-5-6-9-12-11/h3-9,12H,1H2,2H3/b7-4?,11-10-. The summed E-state index contributed by atoms with van der Waals surface area (Å²) < 4.78 is 0. The molecule has 0 aliphatic carbocycles. The Kier molecular flexibility index (Phi) is 3.15. The van der Waals surface area contributed by atoms with E-state index >= 15 is 0 Å². The van der Waals surface area contributed by atoms with E-state index in [1.165, 1.54) is 5.57 Å². The summed E-state index contributed by atoms with van der Waals surface area (Å²) in [4.78, 5) is 0. The lowest BCUT2D eigenvalue weighted by Crippen LogP contribution is -2.06. The van der Waals surface area contributed by atoms with Crippen LogP contribution >= 0.6 is 0 Å². The van der Waals surface area contributed by atoms with Crippen LogP contribution in [0.15, 0.2) is 60.5 Å². The van der Waals surface area contributed by atoms with Gasteiger partial charge in [0.2, 0.25) is 0 Å². The van der Waals surface area contributed by atoms with Gasteiger partial charge in [0.1, 0.15) is 0 Å². The third-order valence-electron chi connectivity index (χ3n) is 1.62. The van der Waals surface area contributed by atoms with Crippen LogP contribution in [0.2, 0.25) is 0 Å². The van der Waals surface area contributed by atoms with Crippen LogP contribution in [0.4, 0.5) is 0 Å². The molecule has 1 heterocycles. The lowest BCUT2D eigenvalue weighted by Gasteiger charge is -2.07. The van der Waals surface area contributed by atoms with Gasteiger partial charge in [-0.25, -0.2) is 0 Å². The highest BCUT2D eigenvalue weighted by atomic mass is 14.8. The molecule has 0 unspecified atom stereocenters. The Balaban J connectivity index is 2.76. The molecule has 1 N–H and O–H groups in total. The Morgan fingerprint density at radius 1 is 1.50 bits per heavy atom. The monoisotopic (exact) mass is 159 g/mol. The fraction of sp³-hybridized carbons (Fsp3) is 0.0909. The Morgan fingerprint density at radius 2 is 2.33 bits per heavy atom. The molecule has 0 atom stereocenters. The average Bonchev–Trinajstić information content (AvgIpc) is 2.15. The zero-order chi connectivity index (χ0) is 8.81. The Labute approximate surface area is 73.5 Å². The molecule has 0 aromatic rings. The molecule has 0 bridgehead atoms. The van der Waals surface area contributed by atoms with E-state index in [4.69, 9.17) is 0 Å². The molecule has 12 heavy (non-hydrogen) atoms. The molecule has 1 aliphatic heterocycles. The van der Waals surface area contributed by atoms with E-state index in [0.29, 0.717) is 0 Å². The van der Waals surface area contributed by atoms with Crippen LogP contribution in [0.3, 0.4) is 0 Å². The van der Waals surface area contributed by atoms with Gasteiger partial charge in [-0.3, -0.25) is 0 Å². The van der Waals surface area contributed by atoms with E-state index in [-0.39, 0.29) is 0 Å². The molecule has 1 aliphatic rings. The normalized spacial score (nSPS) is 19.4. The van der Waals surface area contributed by atoms with Crippen molar-refractivity contribution in [1.82, 2.24) is 5.32 Å². The second kappa shape index (κ2) is 4.39. The van der Waals surface area contributed by atoms with E-state index in [0.717, 1.165) is 5.70 Å². The van der Waals surface area contributed by atoms with Gasteiger partial charge in [-0.1, -0.05) is 30.9 Å². The van der Waals surface area contributed by atoms with Gasteiger partial charge in [-0.15, -0.1) is 0 Å². The molecule has 1 heteroatoms. The summed E-state index contributed by atoms with van der Waals surface area (Å²) in [6, 6.07) is 0. The second-order valence-electron chi connectivity index (χ2n) is 2.55. The van der Waals surface area contributed by atoms with Crippen molar-refractivity contribution in [1.29, 1.82) is 0 Å². The first kappa shape index (κ1) is 8.60. The maximum absolute atomic E-state index is 3.62. The summed E-state index contributed by atoms with van der Waals surface area (Å²) >= 11 is 0. The minimum absolute atomic E-state index is 1.13. The first-order valence-corrected chi connectivity index (χ1v) is 3.94. The molecular formula is C11H13N. The second-order valence-corrected chi connectivity index (χ2v) is 2.55. The van der Waals surface area contributed by atoms with Crippen molar-refractivity contribution in [3.8, 4) is 0 Å². The van der Waals surface area contributed by atoms with E-state index in [1.54, 1.807) is 6.08 Å². The van der Waals surface area contributed by atoms with Gasteiger partial charge in [0, 0.05) is 11.9 Å². The van der Waals surface area contributed by atoms with Crippen LogP contribution in [0, 0.1) is 0 Å². The van der Waals surface area contributed by atoms with Crippen molar-refractivity contribution >= 4 is 0 Å². The third-order valence-corrected chi connectivity index (χ3v) is 1.62. The van der Waals surface area contributed by atoms with E-state index < -0.39 is 0 Å². The van der Waals surface area contributed by atoms with Gasteiger partial charge in [-0.05, 0) is 24.6 Å². The first-order valence-electron chi connectivity index (χ1n) is 3.94. The maximum atomic E-state index is 3.62. The smallest absolute Gasteiger partial charge is 0.0409 e. The van der Waals surface area contributed by atoms with Gasteiger partial charge in [0.25, 0.3) is 0 Å². The van der Waals surface area contributed by atoms with Gasteiger partial charge < -0.3 is 5.32 Å². The SMILES string of the molecule is C=CC=C/C(C)=C1/C=CC=CN1. The molecule has 0 saturated heterocycles. The van der Waals surface area contributed by atoms with E-state index in [2.05, 4.69) is 18.8 Å². The van der Waals surface area contributed by atoms with Crippen LogP contribution in [-0.2, 0) is 0 Å². The van der Waals surface area contributed by atoms with Crippen molar-refractivity contribution in [2.24, 2.45) is 0 Å². The Morgan fingerprint density at radius 3 is 2.92 bits per heavy atom. The molecule has 1 nitrogen and oxygen atoms in total. The summed E-state index contributed by atoms with van der Waals surface area (Å²) in [5, 5.41) is 3.15. The summed E-state index contributed by atoms with van der Waals surface area (Å²) in [5.74, 6) is 0. The van der Waals surface area contributed by atoms with Crippen LogP contribution in [0.25, 0.3) is 0 Å². The molecule has 0 radical (unpaired) electrons. The molecule has 0 saturated carbocycles. The van der Waals surface area contributed by atoms with Gasteiger partial charge in [0.05, 0.1) is 0 Å². The number of allylic oxidation sites excluding steroid dienone is 7. The van der Waals surface area contributed by atoms with Crippen molar-refractivity contribution in [3.63, 3.8) is 0 Å². The Bertz CT molecular complexity index is 277. The van der Waals surface area contributed by atoms with Crippen molar-refractivity contribution in [2.75, 3.05) is 0 Å². The maximum Gasteiger partial charge on any atom is 0.0409 e. The highest BCUT2D eigenvalue weighted by Crippen LogP contribution is 2.07. The number of rotatable bonds is 2. The first-order chi connectivity index (χ1) is 5.84. The van der Waals surface area contributed by atoms with Gasteiger partial charge in [-0.2, -0.15) is 0 Å². The van der Waals surface area contributed by atoms with Crippen LogP contribution in [-0.4, -0.2) is 0 Å². The van der Waals surface area contributed by atoms with Crippen molar-refractivity contribution < 1.29 is 0 Å². The van der Waals surface area contributed by atoms with Crippen molar-refractivity contribution in [3.05, 3.63) is 60.5 Å². The summed E-state index contributed by atoms with van der Waals surface area (Å²) in [6.07, 6.45) is 13.7. The molecular weight excluding hydrogens is 146 g/mol. The molecule has 0 aromatic carbocycles. The predicted octanol–water partition coefficient (Wildman–Crippen LogP) is 2.68. The van der Waals surface area contributed by atoms with Crippen molar-refractivity contribution in [2.45, 2.75) is 6.92 Å². The highest BCUT2D eigenvalue weighted by molar-refractivity contribution is 5.36. The average molecular weight is 159 g/mol. The number of hydrogen-bond acceptors (Lipinski definition) is 1. The summed E-state index contributed by atoms with van der Waals surface area (Å²) in [5.41, 5.74) is 2.34. The molecule has 62 valence electrons. The third kappa shape index (κ3) is 2.27. The number of dihydropyridines is 1. The van der Waals surface area contributed by atoms with Gasteiger partial charge >= 0.3 is 0 Å². The van der Waals surface area contributed by atoms with E-state index in [1.807, 2.05) is 36.6 Å². The molecule has 0 amide bonds. The Hall–Kier alpha value is -1.50. The molecule has 0 spiro atoms. The molecule has 0 aromatic heterocycles. The van der Waals surface area contributed by atoms with Gasteiger partial charge in [0.15, 0.2) is 0 Å². The zero-order valence-corrected chi connectivity index (χ0v) is 7.25. The highest BCUT2D eigenvalue weighted by Gasteiger charge is 1.94. The number of hydrogen-bond donors (Lipinski definition) is 1. The minimum Gasteiger partial charge on any atom is -0.361 e. The zero-order valence-electron chi connectivity index (χ0n) is 7.25.